The van der Waals surface area contributed by atoms with Crippen LogP contribution in [0.1, 0.15) is 28.0 Å². The van der Waals surface area contributed by atoms with Gasteiger partial charge in [-0.25, -0.2) is 9.78 Å². The molecule has 4 heterocycles. The van der Waals surface area contributed by atoms with E-state index in [0.29, 0.717) is 24.7 Å². The van der Waals surface area contributed by atoms with Gasteiger partial charge in [0.15, 0.2) is 0 Å². The van der Waals surface area contributed by atoms with Crippen molar-refractivity contribution in [2.24, 2.45) is 7.05 Å². The minimum absolute atomic E-state index is 0.240. The zero-order valence-corrected chi connectivity index (χ0v) is 21.1. The van der Waals surface area contributed by atoms with Gasteiger partial charge >= 0.3 is 6.09 Å². The van der Waals surface area contributed by atoms with Gasteiger partial charge in [-0.2, -0.15) is 5.10 Å². The lowest BCUT2D eigenvalue weighted by atomic mass is 9.93. The van der Waals surface area contributed by atoms with Crippen molar-refractivity contribution in [3.8, 4) is 11.1 Å². The summed E-state index contributed by atoms with van der Waals surface area (Å²) in [5, 5.41) is 8.81. The second-order valence-electron chi connectivity index (χ2n) is 9.54. The lowest BCUT2D eigenvalue weighted by Crippen LogP contribution is -2.27. The van der Waals surface area contributed by atoms with Crippen LogP contribution in [0.3, 0.4) is 0 Å². The van der Waals surface area contributed by atoms with Crippen LogP contribution in [0.15, 0.2) is 48.8 Å². The molecule has 9 nitrogen and oxygen atoms in total. The Morgan fingerprint density at radius 1 is 1.11 bits per heavy atom. The van der Waals surface area contributed by atoms with Gasteiger partial charge in [0.25, 0.3) is 5.91 Å². The van der Waals surface area contributed by atoms with Gasteiger partial charge in [-0.3, -0.25) is 14.4 Å². The average Bonchev–Trinajstić information content (AvgIpc) is 3.54. The SMILES string of the molecule is CNC(=O)c1cc2ccc(N3CCOC3=O)cc2c(N2CCCc3cc(-c4cnn(C)c4)c(C)cc32)n1. The third-order valence-corrected chi connectivity index (χ3v) is 7.14. The summed E-state index contributed by atoms with van der Waals surface area (Å²) in [5.41, 5.74) is 6.83. The maximum atomic E-state index is 12.6. The van der Waals surface area contributed by atoms with E-state index in [1.807, 2.05) is 42.3 Å². The number of benzene rings is 2. The van der Waals surface area contributed by atoms with E-state index in [1.54, 1.807) is 18.0 Å². The van der Waals surface area contributed by atoms with Crippen LogP contribution in [0.5, 0.6) is 0 Å². The van der Waals surface area contributed by atoms with E-state index in [0.717, 1.165) is 52.7 Å². The maximum absolute atomic E-state index is 12.6. The van der Waals surface area contributed by atoms with Crippen LogP contribution >= 0.6 is 0 Å². The fraction of sp³-hybridized carbons (Fsp3) is 0.286. The van der Waals surface area contributed by atoms with Gasteiger partial charge in [0, 0.05) is 49.2 Å². The number of anilines is 3. The number of rotatable bonds is 4. The molecule has 9 heteroatoms. The van der Waals surface area contributed by atoms with Gasteiger partial charge in [-0.05, 0) is 72.2 Å². The number of nitrogens with one attached hydrogen (secondary N) is 1. The molecular formula is C28H28N6O3. The predicted molar refractivity (Wildman–Crippen MR) is 143 cm³/mol. The molecule has 1 saturated heterocycles. The molecule has 0 spiro atoms. The van der Waals surface area contributed by atoms with Crippen molar-refractivity contribution >= 4 is 40.0 Å². The highest BCUT2D eigenvalue weighted by Crippen LogP contribution is 2.40. The van der Waals surface area contributed by atoms with Crippen molar-refractivity contribution in [2.75, 3.05) is 36.5 Å². The number of ether oxygens (including phenoxy) is 1. The normalized spacial score (nSPS) is 15.2. The lowest BCUT2D eigenvalue weighted by Gasteiger charge is -2.32. The van der Waals surface area contributed by atoms with Gasteiger partial charge in [-0.15, -0.1) is 0 Å². The number of pyridine rings is 1. The first-order chi connectivity index (χ1) is 17.9. The summed E-state index contributed by atoms with van der Waals surface area (Å²) in [4.78, 5) is 33.6. The number of fused-ring (bicyclic) bond motifs is 2. The minimum Gasteiger partial charge on any atom is -0.447 e. The molecule has 6 rings (SSSR count). The number of nitrogens with zero attached hydrogens (tertiary/aromatic N) is 5. The summed E-state index contributed by atoms with van der Waals surface area (Å²) in [6.07, 6.45) is 5.48. The van der Waals surface area contributed by atoms with E-state index in [4.69, 9.17) is 9.72 Å². The molecule has 0 saturated carbocycles. The molecule has 0 radical (unpaired) electrons. The standard InChI is InChI=1S/C28H28N6O3/c1-17-11-25-19(12-22(17)20-15-30-32(3)16-20)5-4-8-34(25)26-23-14-21(33-9-10-37-28(33)36)7-6-18(23)13-24(31-26)27(35)29-2/h6-7,11-16H,4-5,8-10H2,1-3H3,(H,29,35). The Bertz CT molecular complexity index is 1560. The van der Waals surface area contributed by atoms with Crippen molar-refractivity contribution in [1.82, 2.24) is 20.1 Å². The average molecular weight is 497 g/mol. The highest BCUT2D eigenvalue weighted by Gasteiger charge is 2.27. The number of hydrogen-bond donors (Lipinski definition) is 1. The number of aryl methyl sites for hydroxylation is 3. The second kappa shape index (κ2) is 8.92. The Kier molecular flexibility index (Phi) is 5.55. The number of carbonyl (C=O) groups excluding carboxylic acids is 2. The topological polar surface area (TPSA) is 92.6 Å². The molecule has 37 heavy (non-hydrogen) atoms. The molecule has 2 aliphatic heterocycles. The summed E-state index contributed by atoms with van der Waals surface area (Å²) in [6, 6.07) is 12.1. The quantitative estimate of drug-likeness (QED) is 0.452. The first-order valence-electron chi connectivity index (χ1n) is 12.4. The molecule has 1 fully saturated rings. The predicted octanol–water partition coefficient (Wildman–Crippen LogP) is 4.34. The molecule has 2 aromatic heterocycles. The number of carbonyl (C=O) groups is 2. The Hall–Kier alpha value is -4.40. The van der Waals surface area contributed by atoms with Crippen LogP contribution in [0.25, 0.3) is 21.9 Å². The van der Waals surface area contributed by atoms with Crippen molar-refractivity contribution in [2.45, 2.75) is 19.8 Å². The van der Waals surface area contributed by atoms with Crippen molar-refractivity contribution in [3.05, 3.63) is 65.6 Å². The molecule has 0 atom stereocenters. The Morgan fingerprint density at radius 2 is 1.97 bits per heavy atom. The van der Waals surface area contributed by atoms with E-state index >= 15 is 0 Å². The van der Waals surface area contributed by atoms with Crippen LogP contribution in [0.2, 0.25) is 0 Å². The third kappa shape index (κ3) is 3.96. The molecule has 2 amide bonds. The van der Waals surface area contributed by atoms with E-state index in [2.05, 4.69) is 34.4 Å². The zero-order valence-electron chi connectivity index (χ0n) is 21.1. The summed E-state index contributed by atoms with van der Waals surface area (Å²) >= 11 is 0. The summed E-state index contributed by atoms with van der Waals surface area (Å²) in [5.74, 6) is 0.468. The number of hydrogen-bond acceptors (Lipinski definition) is 6. The molecule has 2 aliphatic rings. The smallest absolute Gasteiger partial charge is 0.414 e. The molecule has 2 aromatic carbocycles. The van der Waals surface area contributed by atoms with E-state index in [9.17, 15) is 9.59 Å². The Balaban J connectivity index is 1.52. The van der Waals surface area contributed by atoms with Crippen molar-refractivity contribution in [3.63, 3.8) is 0 Å². The van der Waals surface area contributed by atoms with Gasteiger partial charge in [0.2, 0.25) is 0 Å². The van der Waals surface area contributed by atoms with Gasteiger partial charge in [-0.1, -0.05) is 6.07 Å². The van der Waals surface area contributed by atoms with E-state index < -0.39 is 0 Å². The van der Waals surface area contributed by atoms with Gasteiger partial charge in [0.1, 0.15) is 18.1 Å². The first kappa shape index (κ1) is 23.0. The molecular weight excluding hydrogens is 468 g/mol. The molecule has 0 bridgehead atoms. The monoisotopic (exact) mass is 496 g/mol. The second-order valence-corrected chi connectivity index (χ2v) is 9.54. The summed E-state index contributed by atoms with van der Waals surface area (Å²) < 4.78 is 6.97. The highest BCUT2D eigenvalue weighted by atomic mass is 16.6. The molecule has 188 valence electrons. The number of amides is 2. The summed E-state index contributed by atoms with van der Waals surface area (Å²) in [7, 11) is 3.53. The minimum atomic E-state index is -0.349. The number of aromatic nitrogens is 3. The summed E-state index contributed by atoms with van der Waals surface area (Å²) in [6.45, 7) is 3.76. The van der Waals surface area contributed by atoms with Gasteiger partial charge < -0.3 is 15.0 Å². The van der Waals surface area contributed by atoms with E-state index in [1.165, 1.54) is 11.1 Å². The van der Waals surface area contributed by atoms with Crippen molar-refractivity contribution in [1.29, 1.82) is 0 Å². The third-order valence-electron chi connectivity index (χ3n) is 7.14. The van der Waals surface area contributed by atoms with Crippen LogP contribution in [0.4, 0.5) is 22.0 Å². The zero-order chi connectivity index (χ0) is 25.7. The highest BCUT2D eigenvalue weighted by molar-refractivity contribution is 6.03. The van der Waals surface area contributed by atoms with Crippen LogP contribution in [-0.4, -0.2) is 53.5 Å². The van der Waals surface area contributed by atoms with Crippen LogP contribution in [0, 0.1) is 6.92 Å². The van der Waals surface area contributed by atoms with Crippen LogP contribution < -0.4 is 15.1 Å². The van der Waals surface area contributed by atoms with E-state index in [-0.39, 0.29) is 12.0 Å². The fourth-order valence-corrected chi connectivity index (χ4v) is 5.29. The van der Waals surface area contributed by atoms with Gasteiger partial charge in [0.05, 0.1) is 12.7 Å². The molecule has 4 aromatic rings. The Morgan fingerprint density at radius 3 is 2.70 bits per heavy atom. The Labute approximate surface area is 214 Å². The molecule has 1 N–H and O–H groups in total. The molecule has 0 aliphatic carbocycles. The first-order valence-corrected chi connectivity index (χ1v) is 12.4. The van der Waals surface area contributed by atoms with Crippen molar-refractivity contribution < 1.29 is 14.3 Å². The van der Waals surface area contributed by atoms with Crippen LogP contribution in [-0.2, 0) is 18.2 Å². The maximum Gasteiger partial charge on any atom is 0.414 e. The molecule has 0 unspecified atom stereocenters. The number of cyclic esters (lactones) is 1. The largest absolute Gasteiger partial charge is 0.447 e. The fourth-order valence-electron chi connectivity index (χ4n) is 5.29. The lowest BCUT2D eigenvalue weighted by molar-refractivity contribution is 0.0958.